The molecule has 0 spiro atoms. The number of fused-ring (bicyclic) bond motifs is 2. The van der Waals surface area contributed by atoms with Crippen LogP contribution in [0.4, 0.5) is 5.82 Å². The predicted octanol–water partition coefficient (Wildman–Crippen LogP) is 6.42. The molecule has 0 bridgehead atoms. The summed E-state index contributed by atoms with van der Waals surface area (Å²) in [5.74, 6) is 1.72. The zero-order valence-corrected chi connectivity index (χ0v) is 18.5. The van der Waals surface area contributed by atoms with Gasteiger partial charge in [0.2, 0.25) is 0 Å². The molecular weight excluding hydrogens is 418 g/mol. The van der Waals surface area contributed by atoms with E-state index >= 15 is 0 Å². The van der Waals surface area contributed by atoms with Gasteiger partial charge in [0, 0.05) is 28.8 Å². The first-order valence-corrected chi connectivity index (χ1v) is 11.4. The van der Waals surface area contributed by atoms with Crippen molar-refractivity contribution in [3.63, 3.8) is 0 Å². The molecule has 0 radical (unpaired) electrons. The maximum Gasteiger partial charge on any atom is 0.162 e. The maximum absolute atomic E-state index is 4.97. The Balaban J connectivity index is 1.40. The maximum atomic E-state index is 4.97. The van der Waals surface area contributed by atoms with Crippen LogP contribution in [0.3, 0.4) is 0 Å². The smallest absolute Gasteiger partial charge is 0.162 e. The van der Waals surface area contributed by atoms with E-state index < -0.39 is 0 Å². The number of anilines is 1. The van der Waals surface area contributed by atoms with Gasteiger partial charge in [0.15, 0.2) is 5.82 Å². The third-order valence-corrected chi connectivity index (χ3v) is 6.18. The molecule has 2 heterocycles. The summed E-state index contributed by atoms with van der Waals surface area (Å²) in [4.78, 5) is 9.82. The number of benzene rings is 4. The highest BCUT2D eigenvalue weighted by Gasteiger charge is 2.16. The molecule has 0 aliphatic rings. The van der Waals surface area contributed by atoms with Gasteiger partial charge in [-0.15, -0.1) is 0 Å². The minimum Gasteiger partial charge on any atom is -0.368 e. The molecule has 5 nitrogen and oxygen atoms in total. The molecule has 0 saturated carbocycles. The molecule has 34 heavy (non-hydrogen) atoms. The van der Waals surface area contributed by atoms with Crippen molar-refractivity contribution in [2.45, 2.75) is 5.92 Å². The summed E-state index contributed by atoms with van der Waals surface area (Å²) in [5, 5.41) is 12.9. The van der Waals surface area contributed by atoms with Crippen LogP contribution in [0, 0.1) is 0 Å². The van der Waals surface area contributed by atoms with Gasteiger partial charge in [-0.3, -0.25) is 5.10 Å². The Morgan fingerprint density at radius 3 is 2.21 bits per heavy atom. The summed E-state index contributed by atoms with van der Waals surface area (Å²) in [5.41, 5.74) is 5.37. The van der Waals surface area contributed by atoms with Crippen molar-refractivity contribution in [3.8, 4) is 11.4 Å². The Bertz CT molecular complexity index is 1520. The number of aromatic amines is 1. The third-order valence-electron chi connectivity index (χ3n) is 6.18. The van der Waals surface area contributed by atoms with Crippen LogP contribution in [0.5, 0.6) is 0 Å². The van der Waals surface area contributed by atoms with Gasteiger partial charge in [0.1, 0.15) is 5.82 Å². The first kappa shape index (κ1) is 20.1. The van der Waals surface area contributed by atoms with Crippen molar-refractivity contribution in [1.82, 2.24) is 20.2 Å². The number of rotatable bonds is 6. The van der Waals surface area contributed by atoms with Crippen LogP contribution in [-0.2, 0) is 0 Å². The highest BCUT2D eigenvalue weighted by atomic mass is 15.1. The second-order valence-electron chi connectivity index (χ2n) is 8.34. The van der Waals surface area contributed by atoms with Gasteiger partial charge in [-0.2, -0.15) is 5.10 Å². The normalized spacial score (nSPS) is 11.3. The lowest BCUT2D eigenvalue weighted by molar-refractivity contribution is 0.849. The van der Waals surface area contributed by atoms with Crippen LogP contribution >= 0.6 is 0 Å². The highest BCUT2D eigenvalue weighted by Crippen LogP contribution is 2.29. The number of nitrogens with zero attached hydrogens (tertiary/aromatic N) is 3. The Morgan fingerprint density at radius 2 is 1.44 bits per heavy atom. The summed E-state index contributed by atoms with van der Waals surface area (Å²) in [6.45, 7) is 0.716. The van der Waals surface area contributed by atoms with Crippen molar-refractivity contribution in [1.29, 1.82) is 0 Å². The number of nitrogens with one attached hydrogen (secondary N) is 2. The number of H-pyrrole nitrogens is 1. The number of para-hydroxylation sites is 1. The largest absolute Gasteiger partial charge is 0.368 e. The first-order chi connectivity index (χ1) is 16.8. The summed E-state index contributed by atoms with van der Waals surface area (Å²) in [6.07, 6.45) is 1.82. The van der Waals surface area contributed by atoms with Crippen LogP contribution in [0.2, 0.25) is 0 Å². The highest BCUT2D eigenvalue weighted by molar-refractivity contribution is 5.91. The molecule has 0 fully saturated rings. The molecule has 5 heteroatoms. The van der Waals surface area contributed by atoms with Gasteiger partial charge in [-0.1, -0.05) is 84.9 Å². The summed E-state index contributed by atoms with van der Waals surface area (Å²) < 4.78 is 0. The Kier molecular flexibility index (Phi) is 5.20. The van der Waals surface area contributed by atoms with Crippen molar-refractivity contribution in [3.05, 3.63) is 120 Å². The molecule has 2 N–H and O–H groups in total. The van der Waals surface area contributed by atoms with Crippen LogP contribution < -0.4 is 5.32 Å². The van der Waals surface area contributed by atoms with Gasteiger partial charge in [-0.05, 0) is 29.3 Å². The molecule has 0 amide bonds. The lowest BCUT2D eigenvalue weighted by Crippen LogP contribution is -2.15. The van der Waals surface area contributed by atoms with Crippen molar-refractivity contribution in [2.24, 2.45) is 0 Å². The monoisotopic (exact) mass is 441 g/mol. The molecule has 4 aromatic carbocycles. The molecule has 6 rings (SSSR count). The quantitative estimate of drug-likeness (QED) is 0.313. The molecule has 0 saturated heterocycles. The zero-order valence-electron chi connectivity index (χ0n) is 18.5. The first-order valence-electron chi connectivity index (χ1n) is 11.4. The second-order valence-corrected chi connectivity index (χ2v) is 8.34. The fourth-order valence-corrected chi connectivity index (χ4v) is 4.41. The third kappa shape index (κ3) is 3.88. The molecule has 0 atom stereocenters. The fourth-order valence-electron chi connectivity index (χ4n) is 4.41. The lowest BCUT2D eigenvalue weighted by atomic mass is 9.91. The Labute approximate surface area is 197 Å². The number of hydrogen-bond acceptors (Lipinski definition) is 4. The number of hydrogen-bond donors (Lipinski definition) is 2. The topological polar surface area (TPSA) is 66.5 Å². The second kappa shape index (κ2) is 8.79. The zero-order chi connectivity index (χ0) is 22.7. The minimum absolute atomic E-state index is 0.195. The molecule has 0 unspecified atom stereocenters. The lowest BCUT2D eigenvalue weighted by Gasteiger charge is -2.20. The van der Waals surface area contributed by atoms with Crippen LogP contribution in [0.25, 0.3) is 33.2 Å². The van der Waals surface area contributed by atoms with Gasteiger partial charge < -0.3 is 5.32 Å². The van der Waals surface area contributed by atoms with Crippen LogP contribution in [0.15, 0.2) is 109 Å². The van der Waals surface area contributed by atoms with Crippen LogP contribution in [0.1, 0.15) is 17.0 Å². The van der Waals surface area contributed by atoms with Crippen molar-refractivity contribution in [2.75, 3.05) is 11.9 Å². The number of aromatic nitrogens is 4. The molecule has 2 aromatic heterocycles. The van der Waals surface area contributed by atoms with Gasteiger partial charge in [0.25, 0.3) is 0 Å². The van der Waals surface area contributed by atoms with Crippen molar-refractivity contribution < 1.29 is 0 Å². The van der Waals surface area contributed by atoms with Crippen molar-refractivity contribution >= 4 is 27.6 Å². The standard InChI is InChI=1S/C29H23N5/c1-3-9-20(10-4-1)25(21-11-5-2-6-12-21)19-30-29-24-13-7-8-14-26(24)32-28(33-29)22-15-16-23-18-31-34-27(23)17-22/h1-18,25H,19H2,(H,31,34)(H,30,32,33). The minimum atomic E-state index is 0.195. The van der Waals surface area contributed by atoms with E-state index in [0.29, 0.717) is 12.4 Å². The van der Waals surface area contributed by atoms with Gasteiger partial charge >= 0.3 is 0 Å². The summed E-state index contributed by atoms with van der Waals surface area (Å²) in [6, 6.07) is 35.5. The molecule has 0 aliphatic heterocycles. The van der Waals surface area contributed by atoms with Gasteiger partial charge in [0.05, 0.1) is 17.2 Å². The fraction of sp³-hybridized carbons (Fsp3) is 0.0690. The van der Waals surface area contributed by atoms with E-state index in [1.807, 2.05) is 42.6 Å². The van der Waals surface area contributed by atoms with E-state index in [4.69, 9.17) is 9.97 Å². The summed E-state index contributed by atoms with van der Waals surface area (Å²) >= 11 is 0. The summed E-state index contributed by atoms with van der Waals surface area (Å²) in [7, 11) is 0. The van der Waals surface area contributed by atoms with E-state index in [0.717, 1.165) is 33.2 Å². The van der Waals surface area contributed by atoms with E-state index in [1.165, 1.54) is 11.1 Å². The predicted molar refractivity (Wildman–Crippen MR) is 138 cm³/mol. The molecule has 0 aliphatic carbocycles. The average Bonchev–Trinajstić information content (AvgIpc) is 3.38. The van der Waals surface area contributed by atoms with E-state index in [9.17, 15) is 0 Å². The molecule has 6 aromatic rings. The molecular formula is C29H23N5. The average molecular weight is 442 g/mol. The van der Waals surface area contributed by atoms with E-state index in [-0.39, 0.29) is 5.92 Å². The SMILES string of the molecule is c1ccc(C(CNc2nc(-c3ccc4cn[nH]c4c3)nc3ccccc23)c2ccccc2)cc1. The Morgan fingerprint density at radius 1 is 0.735 bits per heavy atom. The Hall–Kier alpha value is -4.51. The van der Waals surface area contributed by atoms with E-state index in [1.54, 1.807) is 0 Å². The molecule has 164 valence electrons. The van der Waals surface area contributed by atoms with E-state index in [2.05, 4.69) is 82.2 Å². The van der Waals surface area contributed by atoms with Crippen LogP contribution in [-0.4, -0.2) is 26.7 Å². The van der Waals surface area contributed by atoms with Gasteiger partial charge in [-0.25, -0.2) is 9.97 Å².